The predicted molar refractivity (Wildman–Crippen MR) is 81.1 cm³/mol. The van der Waals surface area contributed by atoms with Crippen molar-refractivity contribution in [1.82, 2.24) is 0 Å². The van der Waals surface area contributed by atoms with Crippen LogP contribution < -0.4 is 5.73 Å². The van der Waals surface area contributed by atoms with Gasteiger partial charge in [0.25, 0.3) is 0 Å². The van der Waals surface area contributed by atoms with Crippen LogP contribution in [0.25, 0.3) is 0 Å². The van der Waals surface area contributed by atoms with E-state index in [0.717, 1.165) is 4.47 Å². The number of halogens is 1. The van der Waals surface area contributed by atoms with E-state index in [4.69, 9.17) is 11.1 Å². The molecule has 0 heterocycles. The van der Waals surface area contributed by atoms with Gasteiger partial charge in [0.2, 0.25) is 0 Å². The minimum absolute atomic E-state index is 0.102. The van der Waals surface area contributed by atoms with E-state index in [0.29, 0.717) is 11.1 Å². The first-order valence-corrected chi connectivity index (χ1v) is 6.02. The van der Waals surface area contributed by atoms with Crippen molar-refractivity contribution in [2.24, 2.45) is 10.7 Å². The molecule has 0 amide bonds. The number of rotatable bonds is 4. The van der Waals surface area contributed by atoms with Gasteiger partial charge in [0.05, 0.1) is 0 Å². The molecule has 0 fully saturated rings. The lowest BCUT2D eigenvalue weighted by Crippen LogP contribution is -2.16. The summed E-state index contributed by atoms with van der Waals surface area (Å²) in [6, 6.07) is 7.34. The minimum atomic E-state index is 0.102. The quantitative estimate of drug-likeness (QED) is 0.499. The Bertz CT molecular complexity index is 542. The molecule has 1 rings (SSSR count). The minimum Gasteiger partial charge on any atom is -0.383 e. The van der Waals surface area contributed by atoms with Crippen LogP contribution in [0.15, 0.2) is 70.7 Å². The summed E-state index contributed by atoms with van der Waals surface area (Å²) in [5.41, 5.74) is 7.13. The van der Waals surface area contributed by atoms with Crippen LogP contribution >= 0.6 is 15.9 Å². The average molecular weight is 304 g/mol. The van der Waals surface area contributed by atoms with Gasteiger partial charge >= 0.3 is 0 Å². The van der Waals surface area contributed by atoms with Gasteiger partial charge < -0.3 is 5.73 Å². The van der Waals surface area contributed by atoms with Crippen LogP contribution in [-0.2, 0) is 0 Å². The van der Waals surface area contributed by atoms with Crippen LogP contribution in [0.3, 0.4) is 0 Å². The van der Waals surface area contributed by atoms with Gasteiger partial charge in [0.1, 0.15) is 5.84 Å². The van der Waals surface area contributed by atoms with Gasteiger partial charge in [-0.2, -0.15) is 0 Å². The Balaban J connectivity index is 3.02. The maximum absolute atomic E-state index is 7.88. The Labute approximate surface area is 115 Å². The number of nitrogens with one attached hydrogen (secondary N) is 1. The molecular formula is C14H14BrN3. The van der Waals surface area contributed by atoms with E-state index < -0.39 is 0 Å². The highest BCUT2D eigenvalue weighted by Gasteiger charge is 2.03. The van der Waals surface area contributed by atoms with Gasteiger partial charge in [-0.05, 0) is 12.1 Å². The van der Waals surface area contributed by atoms with Crippen LogP contribution in [0.2, 0.25) is 0 Å². The van der Waals surface area contributed by atoms with Crippen LogP contribution in [0.5, 0.6) is 0 Å². The summed E-state index contributed by atoms with van der Waals surface area (Å²) >= 11 is 3.35. The van der Waals surface area contributed by atoms with Crippen molar-refractivity contribution in [2.45, 2.75) is 0 Å². The molecule has 3 N–H and O–H groups in total. The third kappa shape index (κ3) is 3.82. The zero-order valence-electron chi connectivity index (χ0n) is 9.86. The molecule has 0 bridgehead atoms. The molecule has 0 aliphatic carbocycles. The Morgan fingerprint density at radius 1 is 1.39 bits per heavy atom. The smallest absolute Gasteiger partial charge is 0.154 e. The van der Waals surface area contributed by atoms with E-state index in [1.54, 1.807) is 24.3 Å². The first kappa shape index (κ1) is 14.1. The first-order valence-electron chi connectivity index (χ1n) is 5.22. The highest BCUT2D eigenvalue weighted by molar-refractivity contribution is 9.10. The number of amidine groups is 2. The summed E-state index contributed by atoms with van der Waals surface area (Å²) in [7, 11) is 0. The van der Waals surface area contributed by atoms with Crippen molar-refractivity contribution >= 4 is 27.6 Å². The van der Waals surface area contributed by atoms with Gasteiger partial charge in [-0.15, -0.1) is 0 Å². The molecule has 0 atom stereocenters. The fourth-order valence-corrected chi connectivity index (χ4v) is 1.67. The predicted octanol–water partition coefficient (Wildman–Crippen LogP) is 3.43. The van der Waals surface area contributed by atoms with E-state index in [1.165, 1.54) is 0 Å². The molecule has 0 spiro atoms. The molecule has 0 aliphatic rings. The second-order valence-electron chi connectivity index (χ2n) is 3.42. The molecule has 1 aromatic rings. The van der Waals surface area contributed by atoms with Gasteiger partial charge in [-0.1, -0.05) is 59.4 Å². The molecule has 1 aromatic carbocycles. The van der Waals surface area contributed by atoms with E-state index in [9.17, 15) is 0 Å². The maximum atomic E-state index is 7.88. The highest BCUT2D eigenvalue weighted by Crippen LogP contribution is 2.12. The van der Waals surface area contributed by atoms with Crippen molar-refractivity contribution in [2.75, 3.05) is 0 Å². The summed E-state index contributed by atoms with van der Waals surface area (Å²) in [5, 5.41) is 7.88. The maximum Gasteiger partial charge on any atom is 0.154 e. The number of benzene rings is 1. The fourth-order valence-electron chi connectivity index (χ4n) is 1.27. The molecule has 4 heteroatoms. The normalized spacial score (nSPS) is 12.1. The van der Waals surface area contributed by atoms with Crippen molar-refractivity contribution in [3.8, 4) is 0 Å². The third-order valence-corrected chi connectivity index (χ3v) is 2.64. The summed E-state index contributed by atoms with van der Waals surface area (Å²) in [6.45, 7) is 7.23. The molecule has 0 aliphatic heterocycles. The molecule has 0 radical (unpaired) electrons. The van der Waals surface area contributed by atoms with Gasteiger partial charge in [0.15, 0.2) is 5.84 Å². The number of hydrogen-bond donors (Lipinski definition) is 2. The molecule has 18 heavy (non-hydrogen) atoms. The molecule has 0 saturated carbocycles. The second kappa shape index (κ2) is 6.71. The standard InChI is InChI=1S/C14H14BrN3/c1-3-6-10(4-2)13(16)18-14(17)11-7-5-8-12(15)9-11/h3-9H,1-2H2,(H3,16,17,18)/b10-6+. The summed E-state index contributed by atoms with van der Waals surface area (Å²) < 4.78 is 0.893. The number of aliphatic imine (C=N–C) groups is 1. The van der Waals surface area contributed by atoms with Crippen LogP contribution in [0.1, 0.15) is 5.56 Å². The summed E-state index contributed by atoms with van der Waals surface area (Å²) in [5.74, 6) is 0.348. The lowest BCUT2D eigenvalue weighted by molar-refractivity contribution is 1.39. The number of nitrogens with two attached hydrogens (primary N) is 1. The van der Waals surface area contributed by atoms with Gasteiger partial charge in [0, 0.05) is 15.6 Å². The molecule has 0 saturated heterocycles. The van der Waals surface area contributed by atoms with Crippen LogP contribution in [-0.4, -0.2) is 11.7 Å². The van der Waals surface area contributed by atoms with Crippen molar-refractivity contribution in [3.05, 3.63) is 71.3 Å². The van der Waals surface area contributed by atoms with Crippen molar-refractivity contribution in [3.63, 3.8) is 0 Å². The average Bonchev–Trinajstić information content (AvgIpc) is 2.35. The number of allylic oxidation sites excluding steroid dienone is 2. The van der Waals surface area contributed by atoms with Crippen LogP contribution in [0.4, 0.5) is 0 Å². The topological polar surface area (TPSA) is 62.2 Å². The molecule has 0 unspecified atom stereocenters. The molecule has 0 aromatic heterocycles. The van der Waals surface area contributed by atoms with E-state index in [1.807, 2.05) is 18.2 Å². The Morgan fingerprint density at radius 3 is 2.67 bits per heavy atom. The molecular weight excluding hydrogens is 290 g/mol. The summed E-state index contributed by atoms with van der Waals surface area (Å²) in [6.07, 6.45) is 4.87. The van der Waals surface area contributed by atoms with E-state index in [2.05, 4.69) is 34.1 Å². The zero-order chi connectivity index (χ0) is 13.5. The lowest BCUT2D eigenvalue weighted by atomic mass is 10.2. The highest BCUT2D eigenvalue weighted by atomic mass is 79.9. The van der Waals surface area contributed by atoms with E-state index in [-0.39, 0.29) is 11.7 Å². The molecule has 3 nitrogen and oxygen atoms in total. The van der Waals surface area contributed by atoms with Crippen molar-refractivity contribution in [1.29, 1.82) is 5.41 Å². The number of hydrogen-bond acceptors (Lipinski definition) is 1. The Kier molecular flexibility index (Phi) is 5.27. The van der Waals surface area contributed by atoms with E-state index >= 15 is 0 Å². The van der Waals surface area contributed by atoms with Crippen LogP contribution in [0, 0.1) is 5.41 Å². The second-order valence-corrected chi connectivity index (χ2v) is 4.33. The van der Waals surface area contributed by atoms with Crippen molar-refractivity contribution < 1.29 is 0 Å². The summed E-state index contributed by atoms with van der Waals surface area (Å²) in [4.78, 5) is 4.05. The largest absolute Gasteiger partial charge is 0.383 e. The Morgan fingerprint density at radius 2 is 2.11 bits per heavy atom. The Hall–Kier alpha value is -1.94. The first-order chi connectivity index (χ1) is 8.58. The molecule has 92 valence electrons. The fraction of sp³-hybridized carbons (Fsp3) is 0. The SMILES string of the molecule is C=C/C=C(\C=C)C(N)=NC(=N)c1cccc(Br)c1. The monoisotopic (exact) mass is 303 g/mol. The van der Waals surface area contributed by atoms with Gasteiger partial charge in [-0.25, -0.2) is 4.99 Å². The zero-order valence-corrected chi connectivity index (χ0v) is 11.4. The third-order valence-electron chi connectivity index (χ3n) is 2.14. The lowest BCUT2D eigenvalue weighted by Gasteiger charge is -2.03. The number of nitrogens with zero attached hydrogens (tertiary/aromatic N) is 1. The van der Waals surface area contributed by atoms with Gasteiger partial charge in [-0.3, -0.25) is 5.41 Å².